The maximum Gasteiger partial charge on any atom is 0.263 e. The van der Waals surface area contributed by atoms with Crippen molar-refractivity contribution >= 4 is 15.9 Å². The fourth-order valence-corrected chi connectivity index (χ4v) is 2.17. The van der Waals surface area contributed by atoms with Crippen LogP contribution < -0.4 is 4.72 Å². The molecule has 0 spiro atoms. The molecule has 16 heavy (non-hydrogen) atoms. The molecule has 1 aliphatic rings. The minimum absolute atomic E-state index is 0.0933. The maximum atomic E-state index is 11.7. The van der Waals surface area contributed by atoms with Crippen molar-refractivity contribution in [2.75, 3.05) is 0 Å². The van der Waals surface area contributed by atoms with Crippen LogP contribution in [-0.4, -0.2) is 14.3 Å². The van der Waals surface area contributed by atoms with Gasteiger partial charge in [0.1, 0.15) is 0 Å². The topological polar surface area (TPSA) is 63.2 Å². The van der Waals surface area contributed by atoms with Gasteiger partial charge in [0.05, 0.1) is 4.91 Å². The van der Waals surface area contributed by atoms with Crippen molar-refractivity contribution in [1.82, 2.24) is 4.72 Å². The molecule has 0 aromatic heterocycles. The van der Waals surface area contributed by atoms with Crippen molar-refractivity contribution in [3.63, 3.8) is 0 Å². The Balaban J connectivity index is 2.94. The second-order valence-electron chi connectivity index (χ2n) is 3.30. The molecule has 0 bridgehead atoms. The molecule has 5 heteroatoms. The molecule has 0 radical (unpaired) electrons. The summed E-state index contributed by atoms with van der Waals surface area (Å²) in [5, 5.41) is 0. The molecular weight excluding hydrogens is 226 g/mol. The Kier molecular flexibility index (Phi) is 3.84. The lowest BCUT2D eigenvalue weighted by atomic mass is 10.2. The van der Waals surface area contributed by atoms with Crippen molar-refractivity contribution in [2.45, 2.75) is 13.3 Å². The first-order chi connectivity index (χ1) is 7.45. The highest BCUT2D eigenvalue weighted by Gasteiger charge is 2.17. The quantitative estimate of drug-likeness (QED) is 0.757. The first-order valence-electron chi connectivity index (χ1n) is 4.70. The van der Waals surface area contributed by atoms with E-state index in [-0.39, 0.29) is 4.91 Å². The van der Waals surface area contributed by atoms with Crippen LogP contribution in [0.1, 0.15) is 13.3 Å². The molecule has 0 unspecified atom stereocenters. The number of allylic oxidation sites excluding steroid dienone is 5. The van der Waals surface area contributed by atoms with Crippen molar-refractivity contribution in [3.05, 3.63) is 47.4 Å². The molecule has 0 aromatic rings. The fourth-order valence-electron chi connectivity index (χ4n) is 1.14. The predicted molar refractivity (Wildman–Crippen MR) is 62.9 cm³/mol. The van der Waals surface area contributed by atoms with Crippen LogP contribution in [0.15, 0.2) is 47.4 Å². The fraction of sp³-hybridized carbons (Fsp3) is 0.182. The molecule has 0 aromatic carbocycles. The summed E-state index contributed by atoms with van der Waals surface area (Å²) in [5.41, 5.74) is 0.983. The van der Waals surface area contributed by atoms with Crippen molar-refractivity contribution in [1.29, 1.82) is 0 Å². The number of rotatable bonds is 3. The summed E-state index contributed by atoms with van der Waals surface area (Å²) >= 11 is 0. The van der Waals surface area contributed by atoms with E-state index in [2.05, 4.69) is 6.58 Å². The van der Waals surface area contributed by atoms with E-state index in [9.17, 15) is 13.2 Å². The second-order valence-corrected chi connectivity index (χ2v) is 4.98. The Hall–Kier alpha value is -1.62. The number of carbonyl (C=O) groups is 1. The zero-order chi connectivity index (χ0) is 12.2. The Morgan fingerprint density at radius 1 is 1.44 bits per heavy atom. The Bertz CT molecular complexity index is 495. The van der Waals surface area contributed by atoms with E-state index in [0.29, 0.717) is 6.42 Å². The molecule has 1 rings (SSSR count). The zero-order valence-corrected chi connectivity index (χ0v) is 9.75. The molecule has 4 nitrogen and oxygen atoms in total. The monoisotopic (exact) mass is 239 g/mol. The van der Waals surface area contributed by atoms with Gasteiger partial charge >= 0.3 is 0 Å². The van der Waals surface area contributed by atoms with E-state index in [1.54, 1.807) is 12.2 Å². The third kappa shape index (κ3) is 3.20. The highest BCUT2D eigenvalue weighted by atomic mass is 32.2. The number of hydrogen-bond acceptors (Lipinski definition) is 3. The normalized spacial score (nSPS) is 15.8. The largest absolute Gasteiger partial charge is 0.269 e. The first kappa shape index (κ1) is 12.4. The van der Waals surface area contributed by atoms with E-state index in [1.165, 1.54) is 6.08 Å². The molecule has 0 heterocycles. The van der Waals surface area contributed by atoms with Crippen LogP contribution in [0.25, 0.3) is 0 Å². The summed E-state index contributed by atoms with van der Waals surface area (Å²) in [5.74, 6) is -0.733. The van der Waals surface area contributed by atoms with Gasteiger partial charge in [-0.1, -0.05) is 30.4 Å². The van der Waals surface area contributed by atoms with Gasteiger partial charge in [0.15, 0.2) is 0 Å². The lowest BCUT2D eigenvalue weighted by Gasteiger charge is -2.04. The molecule has 0 aliphatic heterocycles. The Morgan fingerprint density at radius 2 is 2.12 bits per heavy atom. The summed E-state index contributed by atoms with van der Waals surface area (Å²) in [4.78, 5) is 11.0. The maximum absolute atomic E-state index is 11.7. The van der Waals surface area contributed by atoms with E-state index < -0.39 is 15.9 Å². The lowest BCUT2D eigenvalue weighted by molar-refractivity contribution is -0.114. The predicted octanol–water partition coefficient (Wildman–Crippen LogP) is 1.41. The van der Waals surface area contributed by atoms with E-state index >= 15 is 0 Å². The van der Waals surface area contributed by atoms with Crippen molar-refractivity contribution in [2.24, 2.45) is 0 Å². The van der Waals surface area contributed by atoms with Gasteiger partial charge in [-0.2, -0.15) is 0 Å². The molecule has 0 saturated heterocycles. The van der Waals surface area contributed by atoms with Crippen LogP contribution in [0.3, 0.4) is 0 Å². The number of carbonyl (C=O) groups excluding carboxylic acids is 1. The second kappa shape index (κ2) is 4.94. The third-order valence-electron chi connectivity index (χ3n) is 2.00. The molecule has 1 amide bonds. The minimum atomic E-state index is -3.77. The molecule has 0 saturated carbocycles. The van der Waals surface area contributed by atoms with Gasteiger partial charge in [0.2, 0.25) is 0 Å². The van der Waals surface area contributed by atoms with Gasteiger partial charge in [-0.3, -0.25) is 4.79 Å². The third-order valence-corrected chi connectivity index (χ3v) is 3.39. The van der Waals surface area contributed by atoms with Gasteiger partial charge < -0.3 is 0 Å². The lowest BCUT2D eigenvalue weighted by Crippen LogP contribution is -2.29. The SMILES string of the molecule is C=CC(=O)NS(=O)(=O)C1=CCC=C(C)C=C1. The zero-order valence-electron chi connectivity index (χ0n) is 8.93. The molecule has 1 N–H and O–H groups in total. The van der Waals surface area contributed by atoms with Gasteiger partial charge in [-0.15, -0.1) is 0 Å². The summed E-state index contributed by atoms with van der Waals surface area (Å²) in [6.45, 7) is 5.07. The van der Waals surface area contributed by atoms with E-state index in [4.69, 9.17) is 0 Å². The van der Waals surface area contributed by atoms with Crippen LogP contribution in [0.2, 0.25) is 0 Å². The molecule has 0 fully saturated rings. The summed E-state index contributed by atoms with van der Waals surface area (Å²) < 4.78 is 25.3. The summed E-state index contributed by atoms with van der Waals surface area (Å²) in [6.07, 6.45) is 8.05. The summed E-state index contributed by atoms with van der Waals surface area (Å²) in [6, 6.07) is 0. The average molecular weight is 239 g/mol. The smallest absolute Gasteiger partial charge is 0.263 e. The van der Waals surface area contributed by atoms with E-state index in [1.807, 2.05) is 17.7 Å². The van der Waals surface area contributed by atoms with Gasteiger partial charge in [0, 0.05) is 0 Å². The highest BCUT2D eigenvalue weighted by Crippen LogP contribution is 2.14. The Labute approximate surface area is 95.1 Å². The molecular formula is C11H13NO3S. The van der Waals surface area contributed by atoms with Crippen LogP contribution in [0.5, 0.6) is 0 Å². The van der Waals surface area contributed by atoms with Gasteiger partial charge in [-0.25, -0.2) is 13.1 Å². The van der Waals surface area contributed by atoms with Gasteiger partial charge in [0.25, 0.3) is 15.9 Å². The van der Waals surface area contributed by atoms with Crippen LogP contribution in [0, 0.1) is 0 Å². The van der Waals surface area contributed by atoms with Crippen molar-refractivity contribution in [3.8, 4) is 0 Å². The van der Waals surface area contributed by atoms with Crippen LogP contribution >= 0.6 is 0 Å². The summed E-state index contributed by atoms with van der Waals surface area (Å²) in [7, 11) is -3.77. The van der Waals surface area contributed by atoms with Crippen LogP contribution in [0.4, 0.5) is 0 Å². The first-order valence-corrected chi connectivity index (χ1v) is 6.18. The molecule has 86 valence electrons. The number of nitrogens with one attached hydrogen (secondary N) is 1. The van der Waals surface area contributed by atoms with E-state index in [0.717, 1.165) is 11.6 Å². The minimum Gasteiger partial charge on any atom is -0.269 e. The van der Waals surface area contributed by atoms with Gasteiger partial charge in [-0.05, 0) is 25.5 Å². The number of amides is 1. The van der Waals surface area contributed by atoms with Crippen molar-refractivity contribution < 1.29 is 13.2 Å². The molecule has 0 atom stereocenters. The highest BCUT2D eigenvalue weighted by molar-refractivity contribution is 7.94. The molecule has 1 aliphatic carbocycles. The number of sulfonamides is 1. The Morgan fingerprint density at radius 3 is 2.75 bits per heavy atom. The van der Waals surface area contributed by atoms with Crippen LogP contribution in [-0.2, 0) is 14.8 Å². The average Bonchev–Trinajstić information content (AvgIpc) is 2.42. The standard InChI is InChI=1S/C11H13NO3S/c1-3-11(13)12-16(14,15)10-6-4-5-9(2)7-8-10/h3,5-8H,1,4H2,2H3,(H,12,13). The number of hydrogen-bond donors (Lipinski definition) is 1.